The monoisotopic (exact) mass is 338 g/mol. The van der Waals surface area contributed by atoms with Crippen molar-refractivity contribution in [1.82, 2.24) is 20.1 Å². The molecule has 0 bridgehead atoms. The summed E-state index contributed by atoms with van der Waals surface area (Å²) in [5.74, 6) is 2.60. The number of nitrogens with zero attached hydrogens (tertiary/aromatic N) is 4. The molecule has 1 aliphatic heterocycles. The second-order valence-corrected chi connectivity index (χ2v) is 5.83. The zero-order valence-electron chi connectivity index (χ0n) is 13.8. The highest BCUT2D eigenvalue weighted by molar-refractivity contribution is 5.49. The van der Waals surface area contributed by atoms with Gasteiger partial charge in [0.05, 0.1) is 19.2 Å². The van der Waals surface area contributed by atoms with Gasteiger partial charge in [0.25, 0.3) is 0 Å². The standard InChI is InChI=1S/C18H18N4O3/c1-23-15-6-2-3-7-16(15)24-14-10-22(11-14)12-17-20-21-18(25-17)13-5-4-8-19-9-13/h2-9,14H,10-12H2,1H3. The Bertz CT molecular complexity index is 831. The fraction of sp³-hybridized carbons (Fsp3) is 0.278. The average molecular weight is 338 g/mol. The van der Waals surface area contributed by atoms with Gasteiger partial charge < -0.3 is 13.9 Å². The van der Waals surface area contributed by atoms with E-state index in [1.54, 1.807) is 19.5 Å². The summed E-state index contributed by atoms with van der Waals surface area (Å²) in [6, 6.07) is 11.4. The summed E-state index contributed by atoms with van der Waals surface area (Å²) in [7, 11) is 1.64. The van der Waals surface area contributed by atoms with E-state index in [-0.39, 0.29) is 6.10 Å². The van der Waals surface area contributed by atoms with E-state index in [1.807, 2.05) is 36.4 Å². The highest BCUT2D eigenvalue weighted by Crippen LogP contribution is 2.29. The summed E-state index contributed by atoms with van der Waals surface area (Å²) < 4.78 is 17.0. The second-order valence-electron chi connectivity index (χ2n) is 5.83. The van der Waals surface area contributed by atoms with Crippen molar-refractivity contribution in [3.8, 4) is 23.0 Å². The van der Waals surface area contributed by atoms with E-state index in [2.05, 4.69) is 20.1 Å². The van der Waals surface area contributed by atoms with Crippen LogP contribution < -0.4 is 9.47 Å². The van der Waals surface area contributed by atoms with Crippen LogP contribution in [0.15, 0.2) is 53.2 Å². The van der Waals surface area contributed by atoms with Gasteiger partial charge in [-0.1, -0.05) is 12.1 Å². The molecule has 0 aliphatic carbocycles. The Balaban J connectivity index is 1.31. The number of rotatable bonds is 6. The van der Waals surface area contributed by atoms with Crippen molar-refractivity contribution in [2.75, 3.05) is 20.2 Å². The molecule has 3 aromatic rings. The predicted molar refractivity (Wildman–Crippen MR) is 90.2 cm³/mol. The Morgan fingerprint density at radius 2 is 1.96 bits per heavy atom. The number of para-hydroxylation sites is 2. The van der Waals surface area contributed by atoms with Gasteiger partial charge in [-0.3, -0.25) is 9.88 Å². The number of aromatic nitrogens is 3. The number of likely N-dealkylation sites (tertiary alicyclic amines) is 1. The number of ether oxygens (including phenoxy) is 2. The molecule has 0 radical (unpaired) electrons. The van der Waals surface area contributed by atoms with Crippen LogP contribution in [0.5, 0.6) is 11.5 Å². The fourth-order valence-electron chi connectivity index (χ4n) is 2.74. The molecule has 4 rings (SSSR count). The van der Waals surface area contributed by atoms with Crippen molar-refractivity contribution in [2.24, 2.45) is 0 Å². The molecule has 0 unspecified atom stereocenters. The van der Waals surface area contributed by atoms with Gasteiger partial charge in [-0.25, -0.2) is 0 Å². The van der Waals surface area contributed by atoms with Crippen molar-refractivity contribution in [2.45, 2.75) is 12.6 Å². The average Bonchev–Trinajstić information content (AvgIpc) is 3.10. The summed E-state index contributed by atoms with van der Waals surface area (Å²) in [4.78, 5) is 6.25. The lowest BCUT2D eigenvalue weighted by atomic mass is 10.1. The first-order valence-electron chi connectivity index (χ1n) is 8.06. The molecule has 2 aromatic heterocycles. The molecule has 1 fully saturated rings. The van der Waals surface area contributed by atoms with Crippen LogP contribution in [0.4, 0.5) is 0 Å². The molecule has 0 N–H and O–H groups in total. The Morgan fingerprint density at radius 1 is 1.12 bits per heavy atom. The molecular formula is C18H18N4O3. The Labute approximate surface area is 145 Å². The summed E-state index contributed by atoms with van der Waals surface area (Å²) in [5, 5.41) is 8.18. The van der Waals surface area contributed by atoms with E-state index in [4.69, 9.17) is 13.9 Å². The number of methoxy groups -OCH3 is 1. The minimum atomic E-state index is 0.136. The lowest BCUT2D eigenvalue weighted by Gasteiger charge is -2.38. The third-order valence-electron chi connectivity index (χ3n) is 4.02. The summed E-state index contributed by atoms with van der Waals surface area (Å²) in [6.45, 7) is 2.23. The molecular weight excluding hydrogens is 320 g/mol. The maximum atomic E-state index is 5.97. The van der Waals surface area contributed by atoms with Crippen LogP contribution in [0.25, 0.3) is 11.5 Å². The highest BCUT2D eigenvalue weighted by Gasteiger charge is 2.30. The van der Waals surface area contributed by atoms with Crippen molar-refractivity contribution in [3.63, 3.8) is 0 Å². The Morgan fingerprint density at radius 3 is 2.72 bits per heavy atom. The van der Waals surface area contributed by atoms with Crippen LogP contribution in [-0.2, 0) is 6.54 Å². The predicted octanol–water partition coefficient (Wildman–Crippen LogP) is 2.40. The van der Waals surface area contributed by atoms with Crippen LogP contribution in [0.2, 0.25) is 0 Å². The summed E-state index contributed by atoms with van der Waals surface area (Å²) in [6.07, 6.45) is 3.55. The van der Waals surface area contributed by atoms with E-state index < -0.39 is 0 Å². The second kappa shape index (κ2) is 6.90. The van der Waals surface area contributed by atoms with Gasteiger partial charge in [0, 0.05) is 25.5 Å². The van der Waals surface area contributed by atoms with E-state index >= 15 is 0 Å². The third-order valence-corrected chi connectivity index (χ3v) is 4.02. The van der Waals surface area contributed by atoms with Gasteiger partial charge in [0.15, 0.2) is 11.5 Å². The molecule has 0 spiro atoms. The van der Waals surface area contributed by atoms with Gasteiger partial charge in [0.2, 0.25) is 11.8 Å². The SMILES string of the molecule is COc1ccccc1OC1CN(Cc2nnc(-c3cccnc3)o2)C1. The zero-order valence-corrected chi connectivity index (χ0v) is 13.8. The molecule has 1 saturated heterocycles. The van der Waals surface area contributed by atoms with E-state index in [9.17, 15) is 0 Å². The zero-order chi connectivity index (χ0) is 17.1. The van der Waals surface area contributed by atoms with Gasteiger partial charge in [-0.2, -0.15) is 0 Å². The first-order valence-corrected chi connectivity index (χ1v) is 8.06. The third kappa shape index (κ3) is 3.46. The van der Waals surface area contributed by atoms with Crippen molar-refractivity contribution < 1.29 is 13.9 Å². The van der Waals surface area contributed by atoms with E-state index in [0.29, 0.717) is 18.3 Å². The first kappa shape index (κ1) is 15.6. The van der Waals surface area contributed by atoms with Crippen LogP contribution in [0.3, 0.4) is 0 Å². The molecule has 25 heavy (non-hydrogen) atoms. The summed E-state index contributed by atoms with van der Waals surface area (Å²) in [5.41, 5.74) is 0.822. The Kier molecular flexibility index (Phi) is 4.30. The molecule has 0 atom stereocenters. The largest absolute Gasteiger partial charge is 0.493 e. The maximum Gasteiger partial charge on any atom is 0.249 e. The van der Waals surface area contributed by atoms with Crippen molar-refractivity contribution >= 4 is 0 Å². The molecule has 7 nitrogen and oxygen atoms in total. The van der Waals surface area contributed by atoms with Crippen LogP contribution in [-0.4, -0.2) is 46.4 Å². The normalized spacial score (nSPS) is 14.9. The number of hydrogen-bond donors (Lipinski definition) is 0. The fourth-order valence-corrected chi connectivity index (χ4v) is 2.74. The smallest absolute Gasteiger partial charge is 0.249 e. The van der Waals surface area contributed by atoms with E-state index in [0.717, 1.165) is 30.2 Å². The number of hydrogen-bond acceptors (Lipinski definition) is 7. The molecule has 3 heterocycles. The van der Waals surface area contributed by atoms with Crippen molar-refractivity contribution in [3.05, 3.63) is 54.7 Å². The Hall–Kier alpha value is -2.93. The van der Waals surface area contributed by atoms with Gasteiger partial charge in [0.1, 0.15) is 6.10 Å². The minimum absolute atomic E-state index is 0.136. The molecule has 0 saturated carbocycles. The highest BCUT2D eigenvalue weighted by atomic mass is 16.5. The number of benzene rings is 1. The lowest BCUT2D eigenvalue weighted by molar-refractivity contribution is 0.00838. The minimum Gasteiger partial charge on any atom is -0.493 e. The van der Waals surface area contributed by atoms with Crippen LogP contribution >= 0.6 is 0 Å². The molecule has 7 heteroatoms. The first-order chi connectivity index (χ1) is 12.3. The number of pyridine rings is 1. The molecule has 1 aromatic carbocycles. The quantitative estimate of drug-likeness (QED) is 0.683. The maximum absolute atomic E-state index is 5.97. The van der Waals surface area contributed by atoms with Gasteiger partial charge in [-0.15, -0.1) is 10.2 Å². The molecule has 1 aliphatic rings. The molecule has 0 amide bonds. The topological polar surface area (TPSA) is 73.5 Å². The van der Waals surface area contributed by atoms with Crippen LogP contribution in [0.1, 0.15) is 5.89 Å². The summed E-state index contributed by atoms with van der Waals surface area (Å²) >= 11 is 0. The van der Waals surface area contributed by atoms with Gasteiger partial charge >= 0.3 is 0 Å². The lowest BCUT2D eigenvalue weighted by Crippen LogP contribution is -2.53. The molecule has 128 valence electrons. The van der Waals surface area contributed by atoms with Gasteiger partial charge in [-0.05, 0) is 24.3 Å². The van der Waals surface area contributed by atoms with Crippen LogP contribution in [0, 0.1) is 0 Å². The van der Waals surface area contributed by atoms with E-state index in [1.165, 1.54) is 0 Å². The van der Waals surface area contributed by atoms with Crippen molar-refractivity contribution in [1.29, 1.82) is 0 Å².